The molecule has 7 heteroatoms. The van der Waals surface area contributed by atoms with Crippen LogP contribution in [0.4, 0.5) is 4.79 Å². The van der Waals surface area contributed by atoms with E-state index in [1.54, 1.807) is 29.4 Å². The van der Waals surface area contributed by atoms with Crippen molar-refractivity contribution in [2.75, 3.05) is 13.7 Å². The molecule has 0 aliphatic rings. The topological polar surface area (TPSA) is 76.1 Å². The van der Waals surface area contributed by atoms with Crippen LogP contribution in [0.25, 0.3) is 17.2 Å². The summed E-state index contributed by atoms with van der Waals surface area (Å²) in [6.07, 6.45) is 4.26. The zero-order valence-electron chi connectivity index (χ0n) is 18.8. The molecule has 1 aromatic heterocycles. The molecule has 1 aromatic carbocycles. The average Bonchev–Trinajstić information content (AvgIpc) is 3.13. The number of carboxylic acids is 1. The molecule has 168 valence electrons. The van der Waals surface area contributed by atoms with Gasteiger partial charge in [-0.05, 0) is 61.9 Å². The molecule has 1 N–H and O–H groups in total. The molecular formula is C24H31NO5S. The van der Waals surface area contributed by atoms with E-state index in [1.165, 1.54) is 0 Å². The highest BCUT2D eigenvalue weighted by Gasteiger charge is 2.20. The average molecular weight is 446 g/mol. The van der Waals surface area contributed by atoms with Gasteiger partial charge in [-0.15, -0.1) is 11.3 Å². The Hall–Kier alpha value is -2.80. The van der Waals surface area contributed by atoms with Crippen LogP contribution in [-0.4, -0.2) is 41.3 Å². The van der Waals surface area contributed by atoms with Crippen molar-refractivity contribution in [3.05, 3.63) is 46.2 Å². The number of unbranched alkanes of at least 4 members (excludes halogenated alkanes) is 1. The molecule has 2 rings (SSSR count). The molecule has 0 aliphatic heterocycles. The van der Waals surface area contributed by atoms with Gasteiger partial charge in [-0.25, -0.2) is 9.59 Å². The van der Waals surface area contributed by atoms with Crippen LogP contribution in [0.2, 0.25) is 0 Å². The first kappa shape index (κ1) is 24.5. The predicted octanol–water partition coefficient (Wildman–Crippen LogP) is 6.06. The summed E-state index contributed by atoms with van der Waals surface area (Å²) in [7, 11) is 1.72. The summed E-state index contributed by atoms with van der Waals surface area (Å²) in [6, 6.07) is 7.70. The summed E-state index contributed by atoms with van der Waals surface area (Å²) in [5, 5.41) is 10.9. The maximum Gasteiger partial charge on any atom is 0.410 e. The molecule has 31 heavy (non-hydrogen) atoms. The quantitative estimate of drug-likeness (QED) is 0.375. The minimum Gasteiger partial charge on any atom is -0.493 e. The van der Waals surface area contributed by atoms with Crippen molar-refractivity contribution in [3.8, 4) is 16.9 Å². The second kappa shape index (κ2) is 11.0. The van der Waals surface area contributed by atoms with E-state index in [1.807, 2.05) is 50.4 Å². The number of carbonyl (C=O) groups is 2. The van der Waals surface area contributed by atoms with Gasteiger partial charge in [0, 0.05) is 23.6 Å². The zero-order chi connectivity index (χ0) is 23.0. The van der Waals surface area contributed by atoms with Crippen molar-refractivity contribution in [2.45, 2.75) is 52.7 Å². The highest BCUT2D eigenvalue weighted by Crippen LogP contribution is 2.35. The Morgan fingerprint density at radius 2 is 1.97 bits per heavy atom. The van der Waals surface area contributed by atoms with Gasteiger partial charge in [0.25, 0.3) is 0 Å². The Morgan fingerprint density at radius 3 is 2.61 bits per heavy atom. The Bertz CT molecular complexity index is 926. The Kier molecular flexibility index (Phi) is 8.68. The first-order chi connectivity index (χ1) is 14.6. The van der Waals surface area contributed by atoms with E-state index in [9.17, 15) is 9.59 Å². The lowest BCUT2D eigenvalue weighted by atomic mass is 10.0. The maximum atomic E-state index is 12.2. The van der Waals surface area contributed by atoms with Crippen LogP contribution in [0, 0.1) is 0 Å². The van der Waals surface area contributed by atoms with Crippen LogP contribution >= 0.6 is 11.3 Å². The molecule has 0 spiro atoms. The van der Waals surface area contributed by atoms with Crippen LogP contribution < -0.4 is 4.74 Å². The fourth-order valence-electron chi connectivity index (χ4n) is 2.74. The molecule has 0 aliphatic carbocycles. The lowest BCUT2D eigenvalue weighted by molar-refractivity contribution is -0.131. The summed E-state index contributed by atoms with van der Waals surface area (Å²) in [5.41, 5.74) is 2.16. The minimum absolute atomic E-state index is 0.361. The molecule has 2 aromatic rings. The van der Waals surface area contributed by atoms with Gasteiger partial charge in [0.05, 0.1) is 13.2 Å². The number of hydrogen-bond acceptors (Lipinski definition) is 5. The van der Waals surface area contributed by atoms with E-state index >= 15 is 0 Å². The number of carboxylic acid groups (broad SMARTS) is 1. The van der Waals surface area contributed by atoms with Gasteiger partial charge in [0.15, 0.2) is 0 Å². The first-order valence-corrected chi connectivity index (χ1v) is 11.2. The standard InChI is InChI=1S/C24H31NO5S/c1-6-7-12-29-21-13-17(9-11-22(26)27)8-10-20(21)18-14-19(31-16-18)15-25(5)23(28)30-24(2,3)4/h8-11,13-14,16H,6-7,12,15H2,1-5H3,(H,26,27). The maximum absolute atomic E-state index is 12.2. The molecule has 0 bridgehead atoms. The summed E-state index contributed by atoms with van der Waals surface area (Å²) in [6.45, 7) is 8.67. The lowest BCUT2D eigenvalue weighted by Gasteiger charge is -2.24. The molecule has 0 atom stereocenters. The summed E-state index contributed by atoms with van der Waals surface area (Å²) < 4.78 is 11.4. The Morgan fingerprint density at radius 1 is 1.23 bits per heavy atom. The molecule has 6 nitrogen and oxygen atoms in total. The first-order valence-electron chi connectivity index (χ1n) is 10.3. The van der Waals surface area contributed by atoms with Crippen molar-refractivity contribution in [1.29, 1.82) is 0 Å². The molecule has 1 heterocycles. The van der Waals surface area contributed by atoms with Gasteiger partial charge in [-0.1, -0.05) is 25.5 Å². The fraction of sp³-hybridized carbons (Fsp3) is 0.417. The van der Waals surface area contributed by atoms with Crippen LogP contribution in [-0.2, 0) is 16.1 Å². The van der Waals surface area contributed by atoms with E-state index in [4.69, 9.17) is 14.6 Å². The SMILES string of the molecule is CCCCOc1cc(C=CC(=O)O)ccc1-c1csc(CN(C)C(=O)OC(C)(C)C)c1. The largest absolute Gasteiger partial charge is 0.493 e. The number of carbonyl (C=O) groups excluding carboxylic acids is 1. The van der Waals surface area contributed by atoms with E-state index in [0.29, 0.717) is 18.9 Å². The lowest BCUT2D eigenvalue weighted by Crippen LogP contribution is -2.33. The van der Waals surface area contributed by atoms with Gasteiger partial charge in [-0.2, -0.15) is 0 Å². The van der Waals surface area contributed by atoms with Crippen LogP contribution in [0.3, 0.4) is 0 Å². The summed E-state index contributed by atoms with van der Waals surface area (Å²) in [4.78, 5) is 25.6. The fourth-order valence-corrected chi connectivity index (χ4v) is 3.67. The van der Waals surface area contributed by atoms with E-state index < -0.39 is 11.6 Å². The molecule has 0 radical (unpaired) electrons. The normalized spacial score (nSPS) is 11.5. The molecule has 0 fully saturated rings. The van der Waals surface area contributed by atoms with Gasteiger partial charge >= 0.3 is 12.1 Å². The Balaban J connectivity index is 2.22. The van der Waals surface area contributed by atoms with Crippen molar-refractivity contribution < 1.29 is 24.2 Å². The number of rotatable bonds is 9. The molecule has 0 saturated heterocycles. The highest BCUT2D eigenvalue weighted by molar-refractivity contribution is 7.10. The molecule has 1 amide bonds. The summed E-state index contributed by atoms with van der Waals surface area (Å²) in [5.74, 6) is -0.278. The zero-order valence-corrected chi connectivity index (χ0v) is 19.6. The van der Waals surface area contributed by atoms with Crippen LogP contribution in [0.1, 0.15) is 51.0 Å². The smallest absolute Gasteiger partial charge is 0.410 e. The van der Waals surface area contributed by atoms with Gasteiger partial charge in [-0.3, -0.25) is 0 Å². The van der Waals surface area contributed by atoms with E-state index in [2.05, 4.69) is 6.92 Å². The van der Waals surface area contributed by atoms with Gasteiger partial charge in [0.2, 0.25) is 0 Å². The minimum atomic E-state index is -0.992. The Labute approximate surface area is 188 Å². The monoisotopic (exact) mass is 445 g/mol. The van der Waals surface area contributed by atoms with Gasteiger partial charge in [0.1, 0.15) is 11.4 Å². The second-order valence-corrected chi connectivity index (χ2v) is 9.26. The van der Waals surface area contributed by atoms with Crippen LogP contribution in [0.15, 0.2) is 35.7 Å². The number of ether oxygens (including phenoxy) is 2. The molecule has 0 saturated carbocycles. The van der Waals surface area contributed by atoms with Crippen molar-refractivity contribution in [3.63, 3.8) is 0 Å². The van der Waals surface area contributed by atoms with E-state index in [0.717, 1.165) is 40.5 Å². The third-order valence-electron chi connectivity index (χ3n) is 4.24. The third-order valence-corrected chi connectivity index (χ3v) is 5.16. The van der Waals surface area contributed by atoms with Gasteiger partial charge < -0.3 is 19.5 Å². The van der Waals surface area contributed by atoms with Crippen molar-refractivity contribution in [1.82, 2.24) is 4.90 Å². The summed E-state index contributed by atoms with van der Waals surface area (Å²) >= 11 is 1.57. The van der Waals surface area contributed by atoms with Crippen LogP contribution in [0.5, 0.6) is 5.75 Å². The molecular weight excluding hydrogens is 414 g/mol. The number of thiophene rings is 1. The van der Waals surface area contributed by atoms with Crippen molar-refractivity contribution in [2.24, 2.45) is 0 Å². The van der Waals surface area contributed by atoms with Crippen molar-refractivity contribution >= 4 is 29.5 Å². The highest BCUT2D eigenvalue weighted by atomic mass is 32.1. The molecule has 0 unspecified atom stereocenters. The third kappa shape index (κ3) is 8.09. The number of nitrogens with zero attached hydrogens (tertiary/aromatic N) is 1. The number of hydrogen-bond donors (Lipinski definition) is 1. The second-order valence-electron chi connectivity index (χ2n) is 8.27. The van der Waals surface area contributed by atoms with E-state index in [-0.39, 0.29) is 6.09 Å². The predicted molar refractivity (Wildman–Crippen MR) is 125 cm³/mol. The number of amides is 1. The number of benzene rings is 1. The number of aliphatic carboxylic acids is 1.